The first-order valence-corrected chi connectivity index (χ1v) is 7.09. The molecule has 21 heavy (non-hydrogen) atoms. The van der Waals surface area contributed by atoms with Gasteiger partial charge < -0.3 is 10.2 Å². The van der Waals surface area contributed by atoms with Gasteiger partial charge in [-0.05, 0) is 56.4 Å². The van der Waals surface area contributed by atoms with Crippen molar-refractivity contribution in [3.8, 4) is 6.07 Å². The van der Waals surface area contributed by atoms with Gasteiger partial charge in [-0.3, -0.25) is 0 Å². The van der Waals surface area contributed by atoms with Gasteiger partial charge in [0.25, 0.3) is 0 Å². The summed E-state index contributed by atoms with van der Waals surface area (Å²) in [4.78, 5) is 2.15. The summed E-state index contributed by atoms with van der Waals surface area (Å²) in [5.41, 5.74) is 4.20. The largest absolute Gasteiger partial charge is 0.379 e. The molecule has 0 aliphatic rings. The van der Waals surface area contributed by atoms with Gasteiger partial charge in [0.05, 0.1) is 11.6 Å². The van der Waals surface area contributed by atoms with E-state index in [-0.39, 0.29) is 6.04 Å². The summed E-state index contributed by atoms with van der Waals surface area (Å²) < 4.78 is 0. The Balaban J connectivity index is 2.12. The maximum Gasteiger partial charge on any atom is 0.0991 e. The van der Waals surface area contributed by atoms with Crippen molar-refractivity contribution in [1.82, 2.24) is 4.90 Å². The summed E-state index contributed by atoms with van der Waals surface area (Å²) in [7, 11) is 4.13. The first kappa shape index (κ1) is 15.1. The lowest BCUT2D eigenvalue weighted by molar-refractivity contribution is 0.402. The first-order chi connectivity index (χ1) is 10.1. The normalized spacial score (nSPS) is 12.0. The minimum atomic E-state index is 0.160. The molecule has 0 heterocycles. The lowest BCUT2D eigenvalue weighted by Gasteiger charge is -2.17. The Labute approximate surface area is 126 Å². The molecule has 3 heteroatoms. The Hall–Kier alpha value is -2.31. The number of hydrogen-bond donors (Lipinski definition) is 1. The van der Waals surface area contributed by atoms with Crippen LogP contribution in [0.4, 0.5) is 5.69 Å². The molecule has 0 bridgehead atoms. The fourth-order valence-electron chi connectivity index (χ4n) is 2.34. The maximum atomic E-state index is 8.98. The van der Waals surface area contributed by atoms with Gasteiger partial charge in [0.2, 0.25) is 0 Å². The lowest BCUT2D eigenvalue weighted by Crippen LogP contribution is -2.11. The highest BCUT2D eigenvalue weighted by Crippen LogP contribution is 2.21. The monoisotopic (exact) mass is 279 g/mol. The second kappa shape index (κ2) is 6.92. The van der Waals surface area contributed by atoms with E-state index in [4.69, 9.17) is 5.26 Å². The Morgan fingerprint density at radius 1 is 1.14 bits per heavy atom. The van der Waals surface area contributed by atoms with Gasteiger partial charge in [-0.1, -0.05) is 24.3 Å². The highest BCUT2D eigenvalue weighted by atomic mass is 15.0. The molecule has 108 valence electrons. The quantitative estimate of drug-likeness (QED) is 0.905. The highest BCUT2D eigenvalue weighted by Gasteiger charge is 2.06. The standard InChI is InChI=1S/C18H21N3/c1-14(17-8-4-6-15(10-17)12-19)20-18-9-5-7-16(11-18)13-21(2)3/h4-11,14,20H,13H2,1-3H3/t14-/m0/s1. The van der Waals surface area contributed by atoms with E-state index in [2.05, 4.69) is 61.6 Å². The molecule has 0 spiro atoms. The summed E-state index contributed by atoms with van der Waals surface area (Å²) >= 11 is 0. The Kier molecular flexibility index (Phi) is 4.97. The van der Waals surface area contributed by atoms with Crippen LogP contribution in [0.3, 0.4) is 0 Å². The third-order valence-electron chi connectivity index (χ3n) is 3.32. The van der Waals surface area contributed by atoms with E-state index in [0.29, 0.717) is 5.56 Å². The number of nitriles is 1. The average Bonchev–Trinajstić information content (AvgIpc) is 2.47. The minimum absolute atomic E-state index is 0.160. The van der Waals surface area contributed by atoms with E-state index in [9.17, 15) is 0 Å². The number of anilines is 1. The third kappa shape index (κ3) is 4.34. The average molecular weight is 279 g/mol. The topological polar surface area (TPSA) is 39.1 Å². The zero-order valence-corrected chi connectivity index (χ0v) is 12.8. The van der Waals surface area contributed by atoms with Gasteiger partial charge in [0.1, 0.15) is 0 Å². The maximum absolute atomic E-state index is 8.98. The van der Waals surface area contributed by atoms with E-state index in [0.717, 1.165) is 17.8 Å². The molecule has 2 aromatic rings. The SMILES string of the molecule is C[C@H](Nc1cccc(CN(C)C)c1)c1cccc(C#N)c1. The van der Waals surface area contributed by atoms with Crippen LogP contribution in [0.25, 0.3) is 0 Å². The molecular formula is C18H21N3. The smallest absolute Gasteiger partial charge is 0.0991 e. The van der Waals surface area contributed by atoms with E-state index in [1.807, 2.05) is 24.3 Å². The van der Waals surface area contributed by atoms with Crippen molar-refractivity contribution in [2.45, 2.75) is 19.5 Å². The summed E-state index contributed by atoms with van der Waals surface area (Å²) in [6, 6.07) is 18.5. The van der Waals surface area contributed by atoms with Crippen LogP contribution in [0, 0.1) is 11.3 Å². The molecular weight excluding hydrogens is 258 g/mol. The van der Waals surface area contributed by atoms with Gasteiger partial charge in [0.15, 0.2) is 0 Å². The summed E-state index contributed by atoms with van der Waals surface area (Å²) in [5.74, 6) is 0. The molecule has 1 atom stereocenters. The Morgan fingerprint density at radius 3 is 2.62 bits per heavy atom. The molecule has 0 saturated carbocycles. The van der Waals surface area contributed by atoms with Crippen molar-refractivity contribution < 1.29 is 0 Å². The first-order valence-electron chi connectivity index (χ1n) is 7.09. The molecule has 0 aliphatic carbocycles. The van der Waals surface area contributed by atoms with Crippen molar-refractivity contribution in [1.29, 1.82) is 5.26 Å². The van der Waals surface area contributed by atoms with Crippen LogP contribution in [0.2, 0.25) is 0 Å². The summed E-state index contributed by atoms with van der Waals surface area (Å²) in [6.07, 6.45) is 0. The lowest BCUT2D eigenvalue weighted by atomic mass is 10.1. The molecule has 3 nitrogen and oxygen atoms in total. The number of rotatable bonds is 5. The second-order valence-corrected chi connectivity index (χ2v) is 5.54. The van der Waals surface area contributed by atoms with Crippen LogP contribution < -0.4 is 5.32 Å². The van der Waals surface area contributed by atoms with Crippen LogP contribution in [0.1, 0.15) is 29.7 Å². The summed E-state index contributed by atoms with van der Waals surface area (Å²) in [5, 5.41) is 12.5. The van der Waals surface area contributed by atoms with E-state index >= 15 is 0 Å². The van der Waals surface area contributed by atoms with Crippen molar-refractivity contribution >= 4 is 5.69 Å². The van der Waals surface area contributed by atoms with E-state index in [1.165, 1.54) is 5.56 Å². The van der Waals surface area contributed by atoms with Crippen molar-refractivity contribution in [2.75, 3.05) is 19.4 Å². The fourth-order valence-corrected chi connectivity index (χ4v) is 2.34. The molecule has 0 unspecified atom stereocenters. The van der Waals surface area contributed by atoms with Gasteiger partial charge >= 0.3 is 0 Å². The molecule has 2 aromatic carbocycles. The second-order valence-electron chi connectivity index (χ2n) is 5.54. The van der Waals surface area contributed by atoms with Crippen molar-refractivity contribution in [3.63, 3.8) is 0 Å². The number of nitrogens with one attached hydrogen (secondary N) is 1. The van der Waals surface area contributed by atoms with Gasteiger partial charge in [-0.25, -0.2) is 0 Å². The van der Waals surface area contributed by atoms with E-state index < -0.39 is 0 Å². The van der Waals surface area contributed by atoms with Crippen LogP contribution in [0.5, 0.6) is 0 Å². The van der Waals surface area contributed by atoms with E-state index in [1.54, 1.807) is 0 Å². The zero-order valence-electron chi connectivity index (χ0n) is 12.8. The molecule has 0 fully saturated rings. The molecule has 1 N–H and O–H groups in total. The molecule has 2 rings (SSSR count). The fraction of sp³-hybridized carbons (Fsp3) is 0.278. The molecule has 0 radical (unpaired) electrons. The molecule has 0 saturated heterocycles. The van der Waals surface area contributed by atoms with Gasteiger partial charge in [0, 0.05) is 18.3 Å². The number of nitrogens with zero attached hydrogens (tertiary/aromatic N) is 2. The van der Waals surface area contributed by atoms with Crippen LogP contribution >= 0.6 is 0 Å². The van der Waals surface area contributed by atoms with Crippen molar-refractivity contribution in [3.05, 3.63) is 65.2 Å². The molecule has 0 aliphatic heterocycles. The Morgan fingerprint density at radius 2 is 1.90 bits per heavy atom. The zero-order chi connectivity index (χ0) is 15.2. The highest BCUT2D eigenvalue weighted by molar-refractivity contribution is 5.48. The summed E-state index contributed by atoms with van der Waals surface area (Å²) in [6.45, 7) is 3.03. The van der Waals surface area contributed by atoms with Crippen LogP contribution in [0.15, 0.2) is 48.5 Å². The third-order valence-corrected chi connectivity index (χ3v) is 3.32. The van der Waals surface area contributed by atoms with Gasteiger partial charge in [-0.15, -0.1) is 0 Å². The van der Waals surface area contributed by atoms with Gasteiger partial charge in [-0.2, -0.15) is 5.26 Å². The minimum Gasteiger partial charge on any atom is -0.379 e. The Bertz CT molecular complexity index is 641. The van der Waals surface area contributed by atoms with Crippen LogP contribution in [-0.2, 0) is 6.54 Å². The number of benzene rings is 2. The number of hydrogen-bond acceptors (Lipinski definition) is 3. The predicted molar refractivity (Wildman–Crippen MR) is 87.0 cm³/mol. The predicted octanol–water partition coefficient (Wildman–Crippen LogP) is 3.79. The molecule has 0 aromatic heterocycles. The van der Waals surface area contributed by atoms with Crippen molar-refractivity contribution in [2.24, 2.45) is 0 Å². The van der Waals surface area contributed by atoms with Crippen LogP contribution in [-0.4, -0.2) is 19.0 Å². The molecule has 0 amide bonds.